The minimum atomic E-state index is -0.481. The predicted molar refractivity (Wildman–Crippen MR) is 104 cm³/mol. The van der Waals surface area contributed by atoms with E-state index in [1.807, 2.05) is 6.92 Å². The molecule has 0 atom stereocenters. The highest BCUT2D eigenvalue weighted by atomic mass is 16.5. The van der Waals surface area contributed by atoms with Gasteiger partial charge in [0.2, 0.25) is 0 Å². The zero-order valence-corrected chi connectivity index (χ0v) is 15.0. The van der Waals surface area contributed by atoms with Gasteiger partial charge in [-0.2, -0.15) is 0 Å². The summed E-state index contributed by atoms with van der Waals surface area (Å²) in [6.07, 6.45) is 0.276. The molecule has 0 aliphatic carbocycles. The Balaban J connectivity index is 1.48. The lowest BCUT2D eigenvalue weighted by Crippen LogP contribution is -2.15. The van der Waals surface area contributed by atoms with Crippen LogP contribution in [0.1, 0.15) is 17.8 Å². The van der Waals surface area contributed by atoms with Crippen molar-refractivity contribution in [2.45, 2.75) is 19.8 Å². The van der Waals surface area contributed by atoms with E-state index in [4.69, 9.17) is 9.15 Å². The highest BCUT2D eigenvalue weighted by Gasteiger charge is 2.10. The summed E-state index contributed by atoms with van der Waals surface area (Å²) in [5.74, 6) is 0.220. The maximum absolute atomic E-state index is 12.2. The number of rotatable bonds is 4. The van der Waals surface area contributed by atoms with Gasteiger partial charge in [-0.25, -0.2) is 9.78 Å². The molecule has 0 aliphatic heterocycles. The SMILES string of the molecule is Cc1cc(=O)oc2cc(OC(=O)CCc3nc4ccccc4c(=O)[nH]3)ccc12. The monoisotopic (exact) mass is 376 g/mol. The highest BCUT2D eigenvalue weighted by molar-refractivity contribution is 5.82. The van der Waals surface area contributed by atoms with E-state index in [1.54, 1.807) is 36.4 Å². The first-order chi connectivity index (χ1) is 13.5. The van der Waals surface area contributed by atoms with E-state index in [1.165, 1.54) is 12.1 Å². The molecule has 28 heavy (non-hydrogen) atoms. The number of H-pyrrole nitrogens is 1. The minimum absolute atomic E-state index is 0.0388. The molecule has 0 amide bonds. The number of esters is 1. The van der Waals surface area contributed by atoms with Crippen LogP contribution in [0.15, 0.2) is 62.5 Å². The Morgan fingerprint density at radius 3 is 2.79 bits per heavy atom. The molecule has 7 nitrogen and oxygen atoms in total. The molecule has 140 valence electrons. The van der Waals surface area contributed by atoms with Gasteiger partial charge in [-0.1, -0.05) is 12.1 Å². The Kier molecular flexibility index (Phi) is 4.49. The van der Waals surface area contributed by atoms with Gasteiger partial charge in [0.1, 0.15) is 17.2 Å². The van der Waals surface area contributed by atoms with Gasteiger partial charge < -0.3 is 14.1 Å². The number of aromatic nitrogens is 2. The van der Waals surface area contributed by atoms with Gasteiger partial charge in [-0.3, -0.25) is 9.59 Å². The molecular weight excluding hydrogens is 360 g/mol. The topological polar surface area (TPSA) is 102 Å². The van der Waals surface area contributed by atoms with Crippen LogP contribution in [0, 0.1) is 6.92 Å². The Hall–Kier alpha value is -3.74. The lowest BCUT2D eigenvalue weighted by atomic mass is 10.1. The number of nitrogens with one attached hydrogen (secondary N) is 1. The van der Waals surface area contributed by atoms with Crippen molar-refractivity contribution in [2.24, 2.45) is 0 Å². The summed E-state index contributed by atoms with van der Waals surface area (Å²) in [5.41, 5.74) is 1.02. The zero-order valence-electron chi connectivity index (χ0n) is 15.0. The Morgan fingerprint density at radius 1 is 1.11 bits per heavy atom. The van der Waals surface area contributed by atoms with E-state index < -0.39 is 11.6 Å². The van der Waals surface area contributed by atoms with E-state index in [-0.39, 0.29) is 24.2 Å². The van der Waals surface area contributed by atoms with Crippen LogP contribution >= 0.6 is 0 Å². The fraction of sp³-hybridized carbons (Fsp3) is 0.143. The number of fused-ring (bicyclic) bond motifs is 2. The average molecular weight is 376 g/mol. The third-order valence-electron chi connectivity index (χ3n) is 4.38. The maximum atomic E-state index is 12.2. The smallest absolute Gasteiger partial charge is 0.336 e. The molecule has 4 rings (SSSR count). The molecule has 0 spiro atoms. The third-order valence-corrected chi connectivity index (χ3v) is 4.38. The molecule has 0 radical (unpaired) electrons. The fourth-order valence-corrected chi connectivity index (χ4v) is 3.02. The van der Waals surface area contributed by atoms with Gasteiger partial charge in [0.05, 0.1) is 17.3 Å². The van der Waals surface area contributed by atoms with Crippen LogP contribution in [-0.2, 0) is 11.2 Å². The number of aryl methyl sites for hydroxylation is 2. The molecule has 0 unspecified atom stereocenters. The first kappa shape index (κ1) is 17.7. The van der Waals surface area contributed by atoms with Gasteiger partial charge in [0.25, 0.3) is 5.56 Å². The van der Waals surface area contributed by atoms with Crippen molar-refractivity contribution in [2.75, 3.05) is 0 Å². The molecule has 0 fully saturated rings. The number of hydrogen-bond donors (Lipinski definition) is 1. The number of benzene rings is 2. The lowest BCUT2D eigenvalue weighted by Gasteiger charge is -2.06. The first-order valence-electron chi connectivity index (χ1n) is 8.73. The minimum Gasteiger partial charge on any atom is -0.426 e. The molecule has 2 aromatic heterocycles. The lowest BCUT2D eigenvalue weighted by molar-refractivity contribution is -0.134. The summed E-state index contributed by atoms with van der Waals surface area (Å²) in [6.45, 7) is 1.81. The number of ether oxygens (including phenoxy) is 1. The van der Waals surface area contributed by atoms with Crippen LogP contribution < -0.4 is 15.9 Å². The molecule has 7 heteroatoms. The molecule has 2 heterocycles. The molecule has 0 saturated carbocycles. The molecule has 2 aromatic carbocycles. The van der Waals surface area contributed by atoms with Crippen molar-refractivity contribution in [3.8, 4) is 5.75 Å². The standard InChI is InChI=1S/C21H16N2O5/c1-12-10-20(25)28-17-11-13(6-7-14(12)17)27-19(24)9-8-18-22-16-5-3-2-4-15(16)21(26)23-18/h2-7,10-11H,8-9H2,1H3,(H,22,23,26). The van der Waals surface area contributed by atoms with Crippen molar-refractivity contribution < 1.29 is 13.9 Å². The summed E-state index contributed by atoms with van der Waals surface area (Å²) < 4.78 is 10.5. The second kappa shape index (κ2) is 7.11. The summed E-state index contributed by atoms with van der Waals surface area (Å²) in [6, 6.07) is 13.3. The summed E-state index contributed by atoms with van der Waals surface area (Å²) in [7, 11) is 0. The van der Waals surface area contributed by atoms with Gasteiger partial charge in [-0.15, -0.1) is 0 Å². The zero-order chi connectivity index (χ0) is 19.7. The van der Waals surface area contributed by atoms with Crippen LogP contribution in [0.4, 0.5) is 0 Å². The van der Waals surface area contributed by atoms with E-state index >= 15 is 0 Å². The van der Waals surface area contributed by atoms with Crippen molar-refractivity contribution in [1.29, 1.82) is 0 Å². The van der Waals surface area contributed by atoms with E-state index in [2.05, 4.69) is 9.97 Å². The quantitative estimate of drug-likeness (QED) is 0.334. The molecule has 0 aliphatic rings. The summed E-state index contributed by atoms with van der Waals surface area (Å²) >= 11 is 0. The van der Waals surface area contributed by atoms with Gasteiger partial charge >= 0.3 is 11.6 Å². The Bertz CT molecular complexity index is 1320. The molecule has 1 N–H and O–H groups in total. The molecule has 4 aromatic rings. The number of nitrogens with zero attached hydrogens (tertiary/aromatic N) is 1. The maximum Gasteiger partial charge on any atom is 0.336 e. The Labute approximate surface area is 158 Å². The number of carbonyl (C=O) groups is 1. The second-order valence-corrected chi connectivity index (χ2v) is 6.41. The van der Waals surface area contributed by atoms with Crippen LogP contribution in [-0.4, -0.2) is 15.9 Å². The van der Waals surface area contributed by atoms with Crippen LogP contribution in [0.3, 0.4) is 0 Å². The third kappa shape index (κ3) is 3.55. The van der Waals surface area contributed by atoms with Crippen molar-refractivity contribution >= 4 is 27.8 Å². The van der Waals surface area contributed by atoms with Gasteiger partial charge in [-0.05, 0) is 36.8 Å². The van der Waals surface area contributed by atoms with Gasteiger partial charge in [0, 0.05) is 23.9 Å². The Morgan fingerprint density at radius 2 is 1.93 bits per heavy atom. The van der Waals surface area contributed by atoms with E-state index in [0.29, 0.717) is 22.3 Å². The van der Waals surface area contributed by atoms with E-state index in [0.717, 1.165) is 10.9 Å². The number of aromatic amines is 1. The second-order valence-electron chi connectivity index (χ2n) is 6.41. The van der Waals surface area contributed by atoms with E-state index in [9.17, 15) is 14.4 Å². The average Bonchev–Trinajstić information content (AvgIpc) is 2.66. The highest BCUT2D eigenvalue weighted by Crippen LogP contribution is 2.22. The number of carbonyl (C=O) groups excluding carboxylic acids is 1. The molecule has 0 saturated heterocycles. The number of para-hydroxylation sites is 1. The summed E-state index contributed by atoms with van der Waals surface area (Å²) in [5, 5.41) is 1.28. The normalized spacial score (nSPS) is 11.0. The van der Waals surface area contributed by atoms with Crippen LogP contribution in [0.25, 0.3) is 21.9 Å². The molecule has 0 bridgehead atoms. The summed E-state index contributed by atoms with van der Waals surface area (Å²) in [4.78, 5) is 42.8. The van der Waals surface area contributed by atoms with Gasteiger partial charge in [0.15, 0.2) is 0 Å². The van der Waals surface area contributed by atoms with Crippen molar-refractivity contribution in [3.63, 3.8) is 0 Å². The number of hydrogen-bond acceptors (Lipinski definition) is 6. The molecular formula is C21H16N2O5. The largest absolute Gasteiger partial charge is 0.426 e. The fourth-order valence-electron chi connectivity index (χ4n) is 3.02. The van der Waals surface area contributed by atoms with Crippen molar-refractivity contribution in [1.82, 2.24) is 9.97 Å². The van der Waals surface area contributed by atoms with Crippen LogP contribution in [0.2, 0.25) is 0 Å². The van der Waals surface area contributed by atoms with Crippen molar-refractivity contribution in [3.05, 3.63) is 80.7 Å². The van der Waals surface area contributed by atoms with Crippen LogP contribution in [0.5, 0.6) is 5.75 Å². The first-order valence-corrected chi connectivity index (χ1v) is 8.73. The predicted octanol–water partition coefficient (Wildman–Crippen LogP) is 2.88.